The van der Waals surface area contributed by atoms with E-state index in [4.69, 9.17) is 4.74 Å². The molecule has 1 N–H and O–H groups in total. The van der Waals surface area contributed by atoms with E-state index in [1.54, 1.807) is 17.3 Å². The molecule has 3 aromatic rings. The first-order valence-electron chi connectivity index (χ1n) is 14.4. The summed E-state index contributed by atoms with van der Waals surface area (Å²) in [6.45, 7) is 9.32. The number of carbonyl (C=O) groups is 3. The molecule has 216 valence electrons. The van der Waals surface area contributed by atoms with Crippen molar-refractivity contribution in [3.8, 4) is 5.75 Å². The molecule has 0 spiro atoms. The van der Waals surface area contributed by atoms with Gasteiger partial charge in [-0.25, -0.2) is 9.69 Å². The minimum atomic E-state index is -0.754. The molecule has 1 aliphatic rings. The van der Waals surface area contributed by atoms with Crippen molar-refractivity contribution in [1.29, 1.82) is 0 Å². The number of β-lactam (4-membered cyclic amide) rings is 1. The average Bonchev–Trinajstić information content (AvgIpc) is 2.98. The maximum Gasteiger partial charge on any atom is 0.330 e. The van der Waals surface area contributed by atoms with Crippen LogP contribution in [-0.2, 0) is 29.1 Å². The first-order chi connectivity index (χ1) is 19.8. The van der Waals surface area contributed by atoms with Crippen LogP contribution >= 0.6 is 0 Å². The van der Waals surface area contributed by atoms with Crippen molar-refractivity contribution in [3.63, 3.8) is 0 Å². The Balaban J connectivity index is 1.44. The fraction of sp³-hybridized carbons (Fsp3) is 0.394. The molecule has 0 radical (unpaired) electrons. The van der Waals surface area contributed by atoms with E-state index in [2.05, 4.69) is 10.3 Å². The van der Waals surface area contributed by atoms with Crippen molar-refractivity contribution in [2.45, 2.75) is 72.7 Å². The van der Waals surface area contributed by atoms with Crippen molar-refractivity contribution in [3.05, 3.63) is 95.3 Å². The second kappa shape index (κ2) is 13.4. The molecular formula is C33H40N4O4. The van der Waals surface area contributed by atoms with Crippen LogP contribution in [0.1, 0.15) is 62.3 Å². The standard InChI is InChI=1S/C33H40N4O4/c1-5-19-36(23-26-12-10-24(4)11-13-26)32(40)37-30(39)33(6-2,7-3)31(37)41-28-16-14-25(15-17-28)22-35-29(38)20-27-9-8-18-34-21-27/h8-18,21,31H,5-7,19-20,22-23H2,1-4H3,(H,35,38). The minimum absolute atomic E-state index is 0.0848. The number of aromatic nitrogens is 1. The Hall–Kier alpha value is -4.20. The number of amides is 4. The summed E-state index contributed by atoms with van der Waals surface area (Å²) in [5, 5.41) is 2.93. The number of nitrogens with zero attached hydrogens (tertiary/aromatic N) is 3. The Bertz CT molecular complexity index is 1320. The van der Waals surface area contributed by atoms with Crippen molar-refractivity contribution >= 4 is 17.8 Å². The molecule has 4 rings (SSSR count). The van der Waals surface area contributed by atoms with Gasteiger partial charge in [0.25, 0.3) is 0 Å². The van der Waals surface area contributed by atoms with E-state index in [9.17, 15) is 14.4 Å². The molecule has 1 aliphatic heterocycles. The number of rotatable bonds is 12. The summed E-state index contributed by atoms with van der Waals surface area (Å²) >= 11 is 0. The lowest BCUT2D eigenvalue weighted by Crippen LogP contribution is -2.73. The van der Waals surface area contributed by atoms with Crippen LogP contribution in [0.25, 0.3) is 0 Å². The fourth-order valence-corrected chi connectivity index (χ4v) is 5.23. The number of urea groups is 1. The first-order valence-corrected chi connectivity index (χ1v) is 14.4. The number of hydrogen-bond acceptors (Lipinski definition) is 5. The van der Waals surface area contributed by atoms with Gasteiger partial charge in [-0.05, 0) is 61.1 Å². The second-order valence-corrected chi connectivity index (χ2v) is 10.7. The molecule has 0 bridgehead atoms. The van der Waals surface area contributed by atoms with Gasteiger partial charge in [-0.2, -0.15) is 0 Å². The molecule has 4 amide bonds. The van der Waals surface area contributed by atoms with Crippen LogP contribution in [0.5, 0.6) is 5.75 Å². The van der Waals surface area contributed by atoms with Gasteiger partial charge in [-0.3, -0.25) is 14.6 Å². The summed E-state index contributed by atoms with van der Waals surface area (Å²) in [6.07, 6.45) is 4.85. The number of likely N-dealkylation sites (tertiary alicyclic amines) is 1. The molecule has 0 saturated carbocycles. The molecule has 1 fully saturated rings. The van der Waals surface area contributed by atoms with Crippen LogP contribution < -0.4 is 10.1 Å². The van der Waals surface area contributed by atoms with Gasteiger partial charge in [-0.1, -0.05) is 68.8 Å². The average molecular weight is 557 g/mol. The smallest absolute Gasteiger partial charge is 0.330 e. The van der Waals surface area contributed by atoms with Gasteiger partial charge in [0.15, 0.2) is 6.23 Å². The van der Waals surface area contributed by atoms with E-state index in [0.29, 0.717) is 38.2 Å². The van der Waals surface area contributed by atoms with Crippen LogP contribution in [0.4, 0.5) is 4.79 Å². The maximum absolute atomic E-state index is 13.8. The van der Waals surface area contributed by atoms with Gasteiger partial charge in [0.2, 0.25) is 11.8 Å². The van der Waals surface area contributed by atoms with Gasteiger partial charge in [0.1, 0.15) is 11.2 Å². The summed E-state index contributed by atoms with van der Waals surface area (Å²) in [7, 11) is 0. The van der Waals surface area contributed by atoms with Crippen molar-refractivity contribution in [1.82, 2.24) is 20.1 Å². The molecule has 2 heterocycles. The van der Waals surface area contributed by atoms with Gasteiger partial charge in [0, 0.05) is 32.0 Å². The highest BCUT2D eigenvalue weighted by molar-refractivity contribution is 6.03. The lowest BCUT2D eigenvalue weighted by molar-refractivity contribution is -0.192. The third-order valence-corrected chi connectivity index (χ3v) is 7.83. The van der Waals surface area contributed by atoms with Crippen molar-refractivity contribution in [2.75, 3.05) is 6.54 Å². The Morgan fingerprint density at radius 3 is 2.27 bits per heavy atom. The zero-order valence-corrected chi connectivity index (χ0v) is 24.4. The topological polar surface area (TPSA) is 91.8 Å². The molecule has 8 nitrogen and oxygen atoms in total. The molecule has 8 heteroatoms. The van der Waals surface area contributed by atoms with Crippen LogP contribution in [0.2, 0.25) is 0 Å². The molecule has 41 heavy (non-hydrogen) atoms. The fourth-order valence-electron chi connectivity index (χ4n) is 5.23. The predicted octanol–water partition coefficient (Wildman–Crippen LogP) is 5.63. The predicted molar refractivity (Wildman–Crippen MR) is 158 cm³/mol. The van der Waals surface area contributed by atoms with E-state index in [0.717, 1.165) is 28.7 Å². The Kier molecular flexibility index (Phi) is 9.76. The lowest BCUT2D eigenvalue weighted by atomic mass is 9.72. The van der Waals surface area contributed by atoms with Gasteiger partial charge in [-0.15, -0.1) is 0 Å². The number of ether oxygens (including phenoxy) is 1. The number of aryl methyl sites for hydroxylation is 1. The monoisotopic (exact) mass is 556 g/mol. The zero-order chi connectivity index (χ0) is 29.4. The number of benzene rings is 2. The maximum atomic E-state index is 13.8. The number of carbonyl (C=O) groups excluding carboxylic acids is 3. The summed E-state index contributed by atoms with van der Waals surface area (Å²) in [4.78, 5) is 46.6. The second-order valence-electron chi connectivity index (χ2n) is 10.7. The van der Waals surface area contributed by atoms with Crippen molar-refractivity contribution in [2.24, 2.45) is 5.41 Å². The van der Waals surface area contributed by atoms with E-state index >= 15 is 0 Å². The summed E-state index contributed by atoms with van der Waals surface area (Å²) < 4.78 is 6.37. The quantitative estimate of drug-likeness (QED) is 0.292. The number of hydrogen-bond donors (Lipinski definition) is 1. The highest BCUT2D eigenvalue weighted by Crippen LogP contribution is 2.46. The van der Waals surface area contributed by atoms with E-state index in [1.165, 1.54) is 4.90 Å². The van der Waals surface area contributed by atoms with Crippen LogP contribution in [0.15, 0.2) is 73.1 Å². The zero-order valence-electron chi connectivity index (χ0n) is 24.4. The third kappa shape index (κ3) is 6.76. The molecule has 1 saturated heterocycles. The molecule has 0 aliphatic carbocycles. The normalized spacial score (nSPS) is 15.7. The van der Waals surface area contributed by atoms with Gasteiger partial charge in [0.05, 0.1) is 6.42 Å². The van der Waals surface area contributed by atoms with Gasteiger partial charge >= 0.3 is 6.03 Å². The largest absolute Gasteiger partial charge is 0.469 e. The van der Waals surface area contributed by atoms with Crippen LogP contribution in [0, 0.1) is 12.3 Å². The molecular weight excluding hydrogens is 516 g/mol. The Morgan fingerprint density at radius 1 is 0.976 bits per heavy atom. The van der Waals surface area contributed by atoms with E-state index in [-0.39, 0.29) is 24.3 Å². The van der Waals surface area contributed by atoms with Crippen LogP contribution in [-0.4, -0.2) is 45.4 Å². The van der Waals surface area contributed by atoms with Crippen molar-refractivity contribution < 1.29 is 19.1 Å². The SMILES string of the molecule is CCCN(Cc1ccc(C)cc1)C(=O)N1C(=O)C(CC)(CC)C1Oc1ccc(CNC(=O)Cc2cccnc2)cc1. The van der Waals surface area contributed by atoms with Gasteiger partial charge < -0.3 is 15.0 Å². The lowest BCUT2D eigenvalue weighted by Gasteiger charge is -2.54. The Morgan fingerprint density at radius 2 is 1.66 bits per heavy atom. The first kappa shape index (κ1) is 29.8. The summed E-state index contributed by atoms with van der Waals surface area (Å²) in [5.41, 5.74) is 3.19. The molecule has 1 aromatic heterocycles. The molecule has 2 aromatic carbocycles. The number of nitrogens with one attached hydrogen (secondary N) is 1. The summed E-state index contributed by atoms with van der Waals surface area (Å²) in [6, 6.07) is 18.8. The third-order valence-electron chi connectivity index (χ3n) is 7.83. The molecule has 1 unspecified atom stereocenters. The highest BCUT2D eigenvalue weighted by atomic mass is 16.5. The summed E-state index contributed by atoms with van der Waals surface area (Å²) in [5.74, 6) is 0.298. The van der Waals surface area contributed by atoms with E-state index < -0.39 is 11.6 Å². The minimum Gasteiger partial charge on any atom is -0.469 e. The number of pyridine rings is 1. The van der Waals surface area contributed by atoms with E-state index in [1.807, 2.05) is 88.4 Å². The van der Waals surface area contributed by atoms with Crippen LogP contribution in [0.3, 0.4) is 0 Å². The number of imide groups is 1. The highest BCUT2D eigenvalue weighted by Gasteiger charge is 2.63. The Labute approximate surface area is 242 Å². The molecule has 1 atom stereocenters.